The molecule has 0 aliphatic carbocycles. The van der Waals surface area contributed by atoms with Crippen LogP contribution in [0.5, 0.6) is 0 Å². The maximum atomic E-state index is 11.3. The van der Waals surface area contributed by atoms with Crippen LogP contribution in [0.2, 0.25) is 0 Å². The van der Waals surface area contributed by atoms with E-state index in [1.165, 1.54) is 7.11 Å². The predicted octanol–water partition coefficient (Wildman–Crippen LogP) is 2.10. The first-order valence-electron chi connectivity index (χ1n) is 5.87. The molecule has 0 spiro atoms. The van der Waals surface area contributed by atoms with Gasteiger partial charge in [-0.1, -0.05) is 22.0 Å². The lowest BCUT2D eigenvalue weighted by Gasteiger charge is -2.08. The highest BCUT2D eigenvalue weighted by Crippen LogP contribution is 2.19. The molecule has 0 aromatic heterocycles. The summed E-state index contributed by atoms with van der Waals surface area (Å²) in [5.41, 5.74) is 1.63. The fourth-order valence-corrected chi connectivity index (χ4v) is 2.04. The minimum absolute atomic E-state index is 0.235. The Labute approximate surface area is 115 Å². The van der Waals surface area contributed by atoms with E-state index in [0.29, 0.717) is 5.56 Å². The zero-order valence-electron chi connectivity index (χ0n) is 10.4. The molecule has 0 atom stereocenters. The molecule has 4 nitrogen and oxygen atoms in total. The monoisotopic (exact) mass is 315 g/mol. The Bertz CT molecular complexity index is 396. The standard InChI is InChI=1S/C13H18BrNO3/c1-18-13(17)10-4-5-11(12(14)8-10)9-15-6-2-3-7-16/h4-5,8,15-16H,2-3,6-7,9H2,1H3. The first-order valence-corrected chi connectivity index (χ1v) is 6.66. The van der Waals surface area contributed by atoms with Gasteiger partial charge in [-0.25, -0.2) is 4.79 Å². The molecule has 1 aromatic carbocycles. The molecular formula is C13H18BrNO3. The number of hydrogen-bond donors (Lipinski definition) is 2. The van der Waals surface area contributed by atoms with Gasteiger partial charge < -0.3 is 15.2 Å². The van der Waals surface area contributed by atoms with Crippen molar-refractivity contribution >= 4 is 21.9 Å². The van der Waals surface area contributed by atoms with Gasteiger partial charge in [0.1, 0.15) is 0 Å². The third-order valence-corrected chi connectivity index (χ3v) is 3.29. The molecule has 0 aliphatic heterocycles. The number of nitrogens with one attached hydrogen (secondary N) is 1. The van der Waals surface area contributed by atoms with Crippen molar-refractivity contribution in [3.8, 4) is 0 Å². The molecule has 0 saturated carbocycles. The second-order valence-corrected chi connectivity index (χ2v) is 4.76. The summed E-state index contributed by atoms with van der Waals surface area (Å²) >= 11 is 3.44. The topological polar surface area (TPSA) is 58.6 Å². The number of esters is 1. The van der Waals surface area contributed by atoms with E-state index in [0.717, 1.165) is 36.0 Å². The third-order valence-electron chi connectivity index (χ3n) is 2.55. The minimum atomic E-state index is -0.335. The van der Waals surface area contributed by atoms with E-state index in [2.05, 4.69) is 26.0 Å². The lowest BCUT2D eigenvalue weighted by Crippen LogP contribution is -2.15. The van der Waals surface area contributed by atoms with Crippen molar-refractivity contribution < 1.29 is 14.6 Å². The van der Waals surface area contributed by atoms with Crippen LogP contribution in [0.1, 0.15) is 28.8 Å². The molecule has 100 valence electrons. The molecule has 0 radical (unpaired) electrons. The number of methoxy groups -OCH3 is 1. The lowest BCUT2D eigenvalue weighted by atomic mass is 10.1. The van der Waals surface area contributed by atoms with Gasteiger partial charge in [0, 0.05) is 17.6 Å². The second-order valence-electron chi connectivity index (χ2n) is 3.91. The Kier molecular flexibility index (Phi) is 6.93. The Morgan fingerprint density at radius 3 is 2.83 bits per heavy atom. The molecule has 0 fully saturated rings. The third kappa shape index (κ3) is 4.76. The molecule has 1 aromatic rings. The number of halogens is 1. The first kappa shape index (κ1) is 15.1. The van der Waals surface area contributed by atoms with Gasteiger partial charge in [-0.05, 0) is 37.1 Å². The summed E-state index contributed by atoms with van der Waals surface area (Å²) in [7, 11) is 1.37. The number of carbonyl (C=O) groups excluding carboxylic acids is 1. The van der Waals surface area contributed by atoms with Crippen molar-refractivity contribution in [2.24, 2.45) is 0 Å². The quantitative estimate of drug-likeness (QED) is 0.597. The molecule has 0 amide bonds. The van der Waals surface area contributed by atoms with Crippen LogP contribution in [-0.2, 0) is 11.3 Å². The number of carbonyl (C=O) groups is 1. The van der Waals surface area contributed by atoms with E-state index >= 15 is 0 Å². The van der Waals surface area contributed by atoms with Crippen molar-refractivity contribution in [3.05, 3.63) is 33.8 Å². The fourth-order valence-electron chi connectivity index (χ4n) is 1.52. The maximum absolute atomic E-state index is 11.3. The molecule has 0 heterocycles. The van der Waals surface area contributed by atoms with Crippen LogP contribution >= 0.6 is 15.9 Å². The molecule has 18 heavy (non-hydrogen) atoms. The molecule has 1 rings (SSSR count). The summed E-state index contributed by atoms with van der Waals surface area (Å²) in [5, 5.41) is 11.9. The molecule has 0 unspecified atom stereocenters. The van der Waals surface area contributed by atoms with Crippen molar-refractivity contribution in [2.75, 3.05) is 20.3 Å². The highest BCUT2D eigenvalue weighted by molar-refractivity contribution is 9.10. The summed E-state index contributed by atoms with van der Waals surface area (Å²) < 4.78 is 5.55. The van der Waals surface area contributed by atoms with Crippen LogP contribution in [0.4, 0.5) is 0 Å². The minimum Gasteiger partial charge on any atom is -0.465 e. The van der Waals surface area contributed by atoms with Crippen LogP contribution in [-0.4, -0.2) is 31.3 Å². The average molecular weight is 316 g/mol. The molecule has 0 aliphatic rings. The van der Waals surface area contributed by atoms with E-state index in [-0.39, 0.29) is 12.6 Å². The summed E-state index contributed by atoms with van der Waals surface area (Å²) in [6, 6.07) is 5.41. The van der Waals surface area contributed by atoms with Crippen LogP contribution in [0.25, 0.3) is 0 Å². The van der Waals surface area contributed by atoms with Crippen molar-refractivity contribution in [1.82, 2.24) is 5.32 Å². The Hall–Kier alpha value is -0.910. The zero-order valence-corrected chi connectivity index (χ0v) is 12.0. The van der Waals surface area contributed by atoms with E-state index in [4.69, 9.17) is 5.11 Å². The van der Waals surface area contributed by atoms with Gasteiger partial charge in [0.15, 0.2) is 0 Å². The molecule has 2 N–H and O–H groups in total. The van der Waals surface area contributed by atoms with Crippen molar-refractivity contribution in [3.63, 3.8) is 0 Å². The molecule has 5 heteroatoms. The van der Waals surface area contributed by atoms with Crippen LogP contribution < -0.4 is 5.32 Å². The number of rotatable bonds is 7. The van der Waals surface area contributed by atoms with Gasteiger partial charge in [0.05, 0.1) is 12.7 Å². The molecule has 0 saturated heterocycles. The number of aliphatic hydroxyl groups excluding tert-OH is 1. The fraction of sp³-hybridized carbons (Fsp3) is 0.462. The smallest absolute Gasteiger partial charge is 0.337 e. The van der Waals surface area contributed by atoms with Gasteiger partial charge in [-0.3, -0.25) is 0 Å². The second kappa shape index (κ2) is 8.24. The summed E-state index contributed by atoms with van der Waals surface area (Å²) in [6.07, 6.45) is 1.77. The highest BCUT2D eigenvalue weighted by atomic mass is 79.9. The number of benzene rings is 1. The summed E-state index contributed by atoms with van der Waals surface area (Å²) in [4.78, 5) is 11.3. The maximum Gasteiger partial charge on any atom is 0.337 e. The van der Waals surface area contributed by atoms with Gasteiger partial charge in [-0.2, -0.15) is 0 Å². The van der Waals surface area contributed by atoms with Gasteiger partial charge in [0.25, 0.3) is 0 Å². The van der Waals surface area contributed by atoms with E-state index in [1.807, 2.05) is 6.07 Å². The largest absolute Gasteiger partial charge is 0.465 e. The van der Waals surface area contributed by atoms with E-state index in [9.17, 15) is 4.79 Å². The summed E-state index contributed by atoms with van der Waals surface area (Å²) in [6.45, 7) is 1.83. The van der Waals surface area contributed by atoms with E-state index in [1.54, 1.807) is 12.1 Å². The SMILES string of the molecule is COC(=O)c1ccc(CNCCCCO)c(Br)c1. The lowest BCUT2D eigenvalue weighted by molar-refractivity contribution is 0.0600. The van der Waals surface area contributed by atoms with Crippen molar-refractivity contribution in [2.45, 2.75) is 19.4 Å². The Morgan fingerprint density at radius 2 is 2.22 bits per heavy atom. The zero-order chi connectivity index (χ0) is 13.4. The predicted molar refractivity (Wildman–Crippen MR) is 73.5 cm³/mol. The summed E-state index contributed by atoms with van der Waals surface area (Å²) in [5.74, 6) is -0.335. The molecule has 0 bridgehead atoms. The van der Waals surface area contributed by atoms with Gasteiger partial charge >= 0.3 is 5.97 Å². The normalized spacial score (nSPS) is 10.4. The number of aliphatic hydroxyl groups is 1. The Balaban J connectivity index is 2.49. The van der Waals surface area contributed by atoms with Crippen LogP contribution in [0, 0.1) is 0 Å². The highest BCUT2D eigenvalue weighted by Gasteiger charge is 2.07. The number of ether oxygens (including phenoxy) is 1. The number of hydrogen-bond acceptors (Lipinski definition) is 4. The Morgan fingerprint density at radius 1 is 1.44 bits per heavy atom. The van der Waals surface area contributed by atoms with Gasteiger partial charge in [0.2, 0.25) is 0 Å². The number of unbranched alkanes of at least 4 members (excludes halogenated alkanes) is 1. The van der Waals surface area contributed by atoms with E-state index < -0.39 is 0 Å². The molecular weight excluding hydrogens is 298 g/mol. The average Bonchev–Trinajstić information content (AvgIpc) is 2.39. The first-order chi connectivity index (χ1) is 8.69. The van der Waals surface area contributed by atoms with Crippen LogP contribution in [0.3, 0.4) is 0 Å². The van der Waals surface area contributed by atoms with Crippen molar-refractivity contribution in [1.29, 1.82) is 0 Å². The van der Waals surface area contributed by atoms with Crippen LogP contribution in [0.15, 0.2) is 22.7 Å². The van der Waals surface area contributed by atoms with Gasteiger partial charge in [-0.15, -0.1) is 0 Å².